The van der Waals surface area contributed by atoms with Gasteiger partial charge < -0.3 is 20.9 Å². The number of benzene rings is 2. The fourth-order valence-electron chi connectivity index (χ4n) is 3.16. The third-order valence-electron chi connectivity index (χ3n) is 4.56. The standard InChI is InChI=1S/C20H20Cl2N4O3/c21-15-7-6-14(12-16(15)22)20(29)26-11-10-25(18(26)17(27)24-9-8-23)19(28)13-4-2-1-3-5-13/h1-7,12,18H,8-11,23H2,(H,24,27). The highest BCUT2D eigenvalue weighted by Gasteiger charge is 2.43. The molecule has 0 saturated carbocycles. The molecule has 3 rings (SSSR count). The van der Waals surface area contributed by atoms with Crippen molar-refractivity contribution in [1.29, 1.82) is 0 Å². The molecule has 3 amide bonds. The number of amides is 3. The van der Waals surface area contributed by atoms with Crippen LogP contribution in [0.25, 0.3) is 0 Å². The van der Waals surface area contributed by atoms with Gasteiger partial charge in [-0.2, -0.15) is 0 Å². The maximum Gasteiger partial charge on any atom is 0.263 e. The van der Waals surface area contributed by atoms with Crippen LogP contribution in [0.2, 0.25) is 10.0 Å². The van der Waals surface area contributed by atoms with Gasteiger partial charge in [-0.15, -0.1) is 0 Å². The number of hydrogen-bond donors (Lipinski definition) is 2. The lowest BCUT2D eigenvalue weighted by Crippen LogP contribution is -2.54. The highest BCUT2D eigenvalue weighted by Crippen LogP contribution is 2.26. The lowest BCUT2D eigenvalue weighted by molar-refractivity contribution is -0.128. The second-order valence-corrected chi connectivity index (χ2v) is 7.26. The van der Waals surface area contributed by atoms with Crippen LogP contribution in [0, 0.1) is 0 Å². The second kappa shape index (κ2) is 9.26. The van der Waals surface area contributed by atoms with Gasteiger partial charge in [0.05, 0.1) is 10.0 Å². The van der Waals surface area contributed by atoms with Crippen molar-refractivity contribution in [1.82, 2.24) is 15.1 Å². The number of halogens is 2. The van der Waals surface area contributed by atoms with E-state index in [1.54, 1.807) is 30.3 Å². The van der Waals surface area contributed by atoms with E-state index >= 15 is 0 Å². The normalized spacial score (nSPS) is 16.0. The molecule has 1 unspecified atom stereocenters. The number of carbonyl (C=O) groups is 3. The van der Waals surface area contributed by atoms with Gasteiger partial charge in [0, 0.05) is 37.3 Å². The van der Waals surface area contributed by atoms with E-state index in [-0.39, 0.29) is 42.7 Å². The zero-order chi connectivity index (χ0) is 21.0. The first-order valence-corrected chi connectivity index (χ1v) is 9.79. The summed E-state index contributed by atoms with van der Waals surface area (Å²) in [6, 6.07) is 13.1. The summed E-state index contributed by atoms with van der Waals surface area (Å²) in [7, 11) is 0. The van der Waals surface area contributed by atoms with E-state index in [9.17, 15) is 14.4 Å². The van der Waals surface area contributed by atoms with Crippen LogP contribution in [0.3, 0.4) is 0 Å². The summed E-state index contributed by atoms with van der Waals surface area (Å²) in [5.41, 5.74) is 6.19. The van der Waals surface area contributed by atoms with Crippen molar-refractivity contribution in [3.05, 3.63) is 69.7 Å². The molecule has 1 aliphatic rings. The molecule has 1 saturated heterocycles. The van der Waals surface area contributed by atoms with Crippen LogP contribution in [-0.2, 0) is 4.79 Å². The van der Waals surface area contributed by atoms with Gasteiger partial charge in [-0.1, -0.05) is 41.4 Å². The highest BCUT2D eigenvalue weighted by molar-refractivity contribution is 6.42. The summed E-state index contributed by atoms with van der Waals surface area (Å²) in [6.07, 6.45) is -1.09. The van der Waals surface area contributed by atoms with E-state index in [0.29, 0.717) is 10.6 Å². The van der Waals surface area contributed by atoms with Crippen LogP contribution < -0.4 is 11.1 Å². The van der Waals surface area contributed by atoms with Gasteiger partial charge in [0.15, 0.2) is 6.17 Å². The average molecular weight is 435 g/mol. The van der Waals surface area contributed by atoms with Gasteiger partial charge in [0.25, 0.3) is 17.7 Å². The van der Waals surface area contributed by atoms with Crippen LogP contribution >= 0.6 is 23.2 Å². The Morgan fingerprint density at radius 1 is 0.931 bits per heavy atom. The first-order valence-electron chi connectivity index (χ1n) is 9.04. The number of rotatable bonds is 5. The molecule has 0 aromatic heterocycles. The number of nitrogens with zero attached hydrogens (tertiary/aromatic N) is 2. The minimum atomic E-state index is -1.09. The SMILES string of the molecule is NCCNC(=O)C1N(C(=O)c2ccccc2)CCN1C(=O)c1ccc(Cl)c(Cl)c1. The van der Waals surface area contributed by atoms with E-state index < -0.39 is 18.0 Å². The zero-order valence-corrected chi connectivity index (χ0v) is 17.0. The molecule has 1 aliphatic heterocycles. The van der Waals surface area contributed by atoms with Gasteiger partial charge in [0.2, 0.25) is 0 Å². The number of carbonyl (C=O) groups excluding carboxylic acids is 3. The molecule has 1 atom stereocenters. The highest BCUT2D eigenvalue weighted by atomic mass is 35.5. The zero-order valence-electron chi connectivity index (χ0n) is 15.5. The summed E-state index contributed by atoms with van der Waals surface area (Å²) in [5, 5.41) is 3.22. The predicted octanol–water partition coefficient (Wildman–Crippen LogP) is 1.99. The number of nitrogens with one attached hydrogen (secondary N) is 1. The molecule has 3 N–H and O–H groups in total. The molecule has 1 heterocycles. The van der Waals surface area contributed by atoms with Crippen LogP contribution in [0.4, 0.5) is 0 Å². The maximum absolute atomic E-state index is 13.1. The molecular weight excluding hydrogens is 415 g/mol. The van der Waals surface area contributed by atoms with Crippen LogP contribution in [-0.4, -0.2) is 59.9 Å². The Hall–Kier alpha value is -2.61. The molecular formula is C20H20Cl2N4O3. The summed E-state index contributed by atoms with van der Waals surface area (Å²) in [6.45, 7) is 0.906. The second-order valence-electron chi connectivity index (χ2n) is 6.45. The van der Waals surface area contributed by atoms with Crippen molar-refractivity contribution in [3.63, 3.8) is 0 Å². The van der Waals surface area contributed by atoms with Gasteiger partial charge in [-0.25, -0.2) is 0 Å². The van der Waals surface area contributed by atoms with E-state index in [4.69, 9.17) is 28.9 Å². The molecule has 2 aromatic carbocycles. The molecule has 0 aliphatic carbocycles. The van der Waals surface area contributed by atoms with Crippen molar-refractivity contribution in [3.8, 4) is 0 Å². The van der Waals surface area contributed by atoms with Crippen LogP contribution in [0.15, 0.2) is 48.5 Å². The molecule has 2 aromatic rings. The minimum Gasteiger partial charge on any atom is -0.351 e. The first kappa shape index (κ1) is 21.1. The fraction of sp³-hybridized carbons (Fsp3) is 0.250. The van der Waals surface area contributed by atoms with E-state index in [2.05, 4.69) is 5.32 Å². The number of hydrogen-bond acceptors (Lipinski definition) is 4. The minimum absolute atomic E-state index is 0.207. The molecule has 9 heteroatoms. The molecule has 0 radical (unpaired) electrons. The van der Waals surface area contributed by atoms with Crippen molar-refractivity contribution < 1.29 is 14.4 Å². The topological polar surface area (TPSA) is 95.7 Å². The van der Waals surface area contributed by atoms with Gasteiger partial charge in [0.1, 0.15) is 0 Å². The Morgan fingerprint density at radius 3 is 2.14 bits per heavy atom. The Labute approximate surface area is 178 Å². The summed E-state index contributed by atoms with van der Waals surface area (Å²) in [5.74, 6) is -1.21. The Bertz CT molecular complexity index is 923. The lowest BCUT2D eigenvalue weighted by Gasteiger charge is -2.29. The largest absolute Gasteiger partial charge is 0.351 e. The maximum atomic E-state index is 13.1. The fourth-order valence-corrected chi connectivity index (χ4v) is 3.46. The van der Waals surface area contributed by atoms with E-state index in [0.717, 1.165) is 0 Å². The van der Waals surface area contributed by atoms with E-state index in [1.807, 2.05) is 0 Å². The molecule has 0 bridgehead atoms. The molecule has 1 fully saturated rings. The monoisotopic (exact) mass is 434 g/mol. The molecule has 7 nitrogen and oxygen atoms in total. The Balaban J connectivity index is 1.91. The van der Waals surface area contributed by atoms with Crippen LogP contribution in [0.1, 0.15) is 20.7 Å². The number of nitrogens with two attached hydrogens (primary N) is 1. The van der Waals surface area contributed by atoms with Crippen molar-refractivity contribution in [2.75, 3.05) is 26.2 Å². The van der Waals surface area contributed by atoms with Crippen molar-refractivity contribution in [2.45, 2.75) is 6.17 Å². The predicted molar refractivity (Wildman–Crippen MR) is 111 cm³/mol. The first-order chi connectivity index (χ1) is 13.9. The molecule has 0 spiro atoms. The van der Waals surface area contributed by atoms with Crippen LogP contribution in [0.5, 0.6) is 0 Å². The molecule has 152 valence electrons. The summed E-state index contributed by atoms with van der Waals surface area (Å²) in [4.78, 5) is 41.6. The van der Waals surface area contributed by atoms with E-state index in [1.165, 1.54) is 28.0 Å². The summed E-state index contributed by atoms with van der Waals surface area (Å²) >= 11 is 12.0. The van der Waals surface area contributed by atoms with Gasteiger partial charge in [-0.3, -0.25) is 14.4 Å². The van der Waals surface area contributed by atoms with Gasteiger partial charge >= 0.3 is 0 Å². The lowest BCUT2D eigenvalue weighted by atomic mass is 10.1. The summed E-state index contributed by atoms with van der Waals surface area (Å²) < 4.78 is 0. The molecule has 29 heavy (non-hydrogen) atoms. The Morgan fingerprint density at radius 2 is 1.55 bits per heavy atom. The van der Waals surface area contributed by atoms with Gasteiger partial charge in [-0.05, 0) is 30.3 Å². The third-order valence-corrected chi connectivity index (χ3v) is 5.30. The quantitative estimate of drug-likeness (QED) is 0.751. The average Bonchev–Trinajstić information content (AvgIpc) is 3.18. The van der Waals surface area contributed by atoms with Crippen molar-refractivity contribution >= 4 is 40.9 Å². The Kier molecular flexibility index (Phi) is 6.74. The van der Waals surface area contributed by atoms with Crippen molar-refractivity contribution in [2.24, 2.45) is 5.73 Å². The smallest absolute Gasteiger partial charge is 0.263 e. The third kappa shape index (κ3) is 4.53.